The molecule has 0 saturated heterocycles. The van der Waals surface area contributed by atoms with Crippen LogP contribution in [0.25, 0.3) is 0 Å². The molecule has 0 aliphatic heterocycles. The van der Waals surface area contributed by atoms with E-state index in [2.05, 4.69) is 10.6 Å². The van der Waals surface area contributed by atoms with Crippen molar-refractivity contribution in [3.8, 4) is 5.75 Å². The molecule has 22 heavy (non-hydrogen) atoms. The van der Waals surface area contributed by atoms with E-state index in [4.69, 9.17) is 4.74 Å². The Morgan fingerprint density at radius 1 is 1.23 bits per heavy atom. The van der Waals surface area contributed by atoms with E-state index < -0.39 is 0 Å². The molecule has 1 aliphatic carbocycles. The van der Waals surface area contributed by atoms with Gasteiger partial charge >= 0.3 is 0 Å². The third-order valence-electron chi connectivity index (χ3n) is 4.23. The van der Waals surface area contributed by atoms with Gasteiger partial charge in [0.1, 0.15) is 11.8 Å². The number of hydrogen-bond acceptors (Lipinski definition) is 3. The Labute approximate surface area is 133 Å². The zero-order valence-corrected chi connectivity index (χ0v) is 13.7. The second-order valence-electron chi connectivity index (χ2n) is 6.07. The van der Waals surface area contributed by atoms with Gasteiger partial charge in [0.05, 0.1) is 6.61 Å². The zero-order chi connectivity index (χ0) is 15.8. The molecule has 2 rings (SSSR count). The molecule has 1 amide bonds. The van der Waals surface area contributed by atoms with Gasteiger partial charge in [0.2, 0.25) is 5.91 Å². The summed E-state index contributed by atoms with van der Waals surface area (Å²) in [7, 11) is 0. The van der Waals surface area contributed by atoms with E-state index in [0.29, 0.717) is 12.5 Å². The number of benzene rings is 1. The monoisotopic (exact) mass is 304 g/mol. The van der Waals surface area contributed by atoms with Crippen LogP contribution < -0.4 is 15.4 Å². The highest BCUT2D eigenvalue weighted by atomic mass is 16.5. The summed E-state index contributed by atoms with van der Waals surface area (Å²) in [5.41, 5.74) is 0.934. The molecule has 0 heterocycles. The predicted molar refractivity (Wildman–Crippen MR) is 90.3 cm³/mol. The van der Waals surface area contributed by atoms with E-state index in [1.807, 2.05) is 38.1 Å². The third kappa shape index (κ3) is 5.24. The summed E-state index contributed by atoms with van der Waals surface area (Å²) >= 11 is 0. The molecule has 122 valence electrons. The summed E-state index contributed by atoms with van der Waals surface area (Å²) in [6.07, 6.45) is 6.46. The van der Waals surface area contributed by atoms with E-state index in [1.54, 1.807) is 0 Å². The molecule has 1 fully saturated rings. The van der Waals surface area contributed by atoms with E-state index in [-0.39, 0.29) is 11.9 Å². The van der Waals surface area contributed by atoms with Crippen molar-refractivity contribution in [3.63, 3.8) is 0 Å². The van der Waals surface area contributed by atoms with Crippen LogP contribution in [0.3, 0.4) is 0 Å². The number of ether oxygens (including phenoxy) is 1. The molecule has 4 heteroatoms. The fraction of sp³-hybridized carbons (Fsp3) is 0.611. The predicted octanol–water partition coefficient (Wildman–Crippen LogP) is 3.58. The highest BCUT2D eigenvalue weighted by Gasteiger charge is 2.17. The number of hydrogen-bond donors (Lipinski definition) is 2. The van der Waals surface area contributed by atoms with Crippen LogP contribution >= 0.6 is 0 Å². The Hall–Kier alpha value is -1.71. The Morgan fingerprint density at radius 2 is 1.91 bits per heavy atom. The maximum Gasteiger partial charge on any atom is 0.242 e. The van der Waals surface area contributed by atoms with Crippen molar-refractivity contribution < 1.29 is 9.53 Å². The van der Waals surface area contributed by atoms with Gasteiger partial charge in [-0.05, 0) is 56.9 Å². The lowest BCUT2D eigenvalue weighted by Crippen LogP contribution is -2.40. The average Bonchev–Trinajstić information content (AvgIpc) is 2.55. The summed E-state index contributed by atoms with van der Waals surface area (Å²) in [5.74, 6) is 1.58. The van der Waals surface area contributed by atoms with Crippen LogP contribution in [0.4, 0.5) is 5.69 Å². The summed E-state index contributed by atoms with van der Waals surface area (Å²) in [5, 5.41) is 6.31. The van der Waals surface area contributed by atoms with E-state index in [1.165, 1.54) is 32.1 Å². The maximum atomic E-state index is 12.2. The molecule has 1 aromatic rings. The standard InChI is InChI=1S/C18H28N2O2/c1-3-22-17-11-9-16(10-12-17)20-14(2)18(21)19-13-15-7-5-4-6-8-15/h9-12,14-15,20H,3-8,13H2,1-2H3,(H,19,21)/t14-/m0/s1. The molecule has 1 saturated carbocycles. The van der Waals surface area contributed by atoms with Crippen LogP contribution in [0.15, 0.2) is 24.3 Å². The van der Waals surface area contributed by atoms with Crippen molar-refractivity contribution in [2.45, 2.75) is 52.0 Å². The van der Waals surface area contributed by atoms with Gasteiger partial charge in [0.25, 0.3) is 0 Å². The Bertz CT molecular complexity index is 453. The molecule has 0 unspecified atom stereocenters. The second kappa shape index (κ2) is 8.66. The zero-order valence-electron chi connectivity index (χ0n) is 13.7. The van der Waals surface area contributed by atoms with Crippen LogP contribution in [0.2, 0.25) is 0 Å². The number of rotatable bonds is 7. The maximum absolute atomic E-state index is 12.2. The first kappa shape index (κ1) is 16.7. The Morgan fingerprint density at radius 3 is 2.55 bits per heavy atom. The summed E-state index contributed by atoms with van der Waals surface area (Å²) in [6.45, 7) is 5.33. The lowest BCUT2D eigenvalue weighted by Gasteiger charge is -2.23. The molecule has 0 radical (unpaired) electrons. The summed E-state index contributed by atoms with van der Waals surface area (Å²) in [6, 6.07) is 7.48. The minimum Gasteiger partial charge on any atom is -0.494 e. The topological polar surface area (TPSA) is 50.4 Å². The van der Waals surface area contributed by atoms with Gasteiger partial charge in [0, 0.05) is 12.2 Å². The lowest BCUT2D eigenvalue weighted by atomic mass is 9.89. The lowest BCUT2D eigenvalue weighted by molar-refractivity contribution is -0.121. The number of amides is 1. The first-order chi connectivity index (χ1) is 10.7. The molecule has 1 aromatic carbocycles. The normalized spacial score (nSPS) is 16.8. The van der Waals surface area contributed by atoms with Gasteiger partial charge in [-0.2, -0.15) is 0 Å². The molecular weight excluding hydrogens is 276 g/mol. The van der Waals surface area contributed by atoms with Crippen molar-refractivity contribution in [2.24, 2.45) is 5.92 Å². The van der Waals surface area contributed by atoms with Crippen molar-refractivity contribution >= 4 is 11.6 Å². The molecule has 4 nitrogen and oxygen atoms in total. The molecule has 0 spiro atoms. The Balaban J connectivity index is 1.75. The molecule has 0 bridgehead atoms. The Kier molecular flexibility index (Phi) is 6.56. The molecular formula is C18H28N2O2. The van der Waals surface area contributed by atoms with Gasteiger partial charge in [-0.25, -0.2) is 0 Å². The van der Waals surface area contributed by atoms with E-state index >= 15 is 0 Å². The van der Waals surface area contributed by atoms with Crippen LogP contribution in [-0.4, -0.2) is 25.1 Å². The minimum absolute atomic E-state index is 0.0689. The van der Waals surface area contributed by atoms with E-state index in [0.717, 1.165) is 18.0 Å². The van der Waals surface area contributed by atoms with Gasteiger partial charge in [-0.15, -0.1) is 0 Å². The van der Waals surface area contributed by atoms with Crippen LogP contribution in [0.5, 0.6) is 5.75 Å². The van der Waals surface area contributed by atoms with Gasteiger partial charge in [-0.1, -0.05) is 19.3 Å². The highest BCUT2D eigenvalue weighted by Crippen LogP contribution is 2.22. The number of anilines is 1. The summed E-state index contributed by atoms with van der Waals surface area (Å²) in [4.78, 5) is 12.2. The molecule has 1 atom stereocenters. The van der Waals surface area contributed by atoms with Crippen molar-refractivity contribution in [2.75, 3.05) is 18.5 Å². The molecule has 0 aromatic heterocycles. The van der Waals surface area contributed by atoms with Gasteiger partial charge < -0.3 is 15.4 Å². The van der Waals surface area contributed by atoms with Gasteiger partial charge in [-0.3, -0.25) is 4.79 Å². The largest absolute Gasteiger partial charge is 0.494 e. The fourth-order valence-electron chi connectivity index (χ4n) is 2.92. The van der Waals surface area contributed by atoms with Crippen molar-refractivity contribution in [1.29, 1.82) is 0 Å². The average molecular weight is 304 g/mol. The third-order valence-corrected chi connectivity index (χ3v) is 4.23. The molecule has 1 aliphatic rings. The number of nitrogens with one attached hydrogen (secondary N) is 2. The quantitative estimate of drug-likeness (QED) is 0.809. The van der Waals surface area contributed by atoms with E-state index in [9.17, 15) is 4.79 Å². The van der Waals surface area contributed by atoms with Crippen LogP contribution in [-0.2, 0) is 4.79 Å². The highest BCUT2D eigenvalue weighted by molar-refractivity contribution is 5.84. The van der Waals surface area contributed by atoms with Crippen LogP contribution in [0, 0.1) is 5.92 Å². The first-order valence-corrected chi connectivity index (χ1v) is 8.46. The fourth-order valence-corrected chi connectivity index (χ4v) is 2.92. The van der Waals surface area contributed by atoms with Gasteiger partial charge in [0.15, 0.2) is 0 Å². The second-order valence-corrected chi connectivity index (χ2v) is 6.07. The first-order valence-electron chi connectivity index (χ1n) is 8.46. The summed E-state index contributed by atoms with van der Waals surface area (Å²) < 4.78 is 5.41. The molecule has 2 N–H and O–H groups in total. The van der Waals surface area contributed by atoms with Crippen molar-refractivity contribution in [1.82, 2.24) is 5.32 Å². The number of carbonyl (C=O) groups is 1. The van der Waals surface area contributed by atoms with Crippen LogP contribution in [0.1, 0.15) is 46.0 Å². The van der Waals surface area contributed by atoms with Crippen molar-refractivity contribution in [3.05, 3.63) is 24.3 Å². The SMILES string of the molecule is CCOc1ccc(N[C@@H](C)C(=O)NCC2CCCCC2)cc1. The number of carbonyl (C=O) groups excluding carboxylic acids is 1. The smallest absolute Gasteiger partial charge is 0.242 e. The minimum atomic E-state index is -0.235.